The van der Waals surface area contributed by atoms with Crippen LogP contribution in [0.15, 0.2) is 23.3 Å². The van der Waals surface area contributed by atoms with Crippen LogP contribution in [0.2, 0.25) is 0 Å². The maximum Gasteiger partial charge on any atom is 0.0687 e. The Morgan fingerprint density at radius 1 is 1.45 bits per heavy atom. The zero-order chi connectivity index (χ0) is 8.65. The molecule has 1 aliphatic carbocycles. The molecule has 0 saturated heterocycles. The van der Waals surface area contributed by atoms with Gasteiger partial charge in [-0.05, 0) is 26.7 Å². The molecule has 0 heterocycles. The highest BCUT2D eigenvalue weighted by atomic mass is 35.5. The Kier molecular flexibility index (Phi) is 2.15. The summed E-state index contributed by atoms with van der Waals surface area (Å²) in [6.07, 6.45) is 4.38. The van der Waals surface area contributed by atoms with Gasteiger partial charge in [-0.15, -0.1) is 11.6 Å². The molecule has 0 bridgehead atoms. The summed E-state index contributed by atoms with van der Waals surface area (Å²) in [6, 6.07) is 0. The SMILES string of the molecule is CC1=CC(C)C(C)(Cl)C(C)=C1. The minimum atomic E-state index is -0.167. The van der Waals surface area contributed by atoms with Crippen molar-refractivity contribution in [3.8, 4) is 0 Å². The maximum atomic E-state index is 6.33. The summed E-state index contributed by atoms with van der Waals surface area (Å²) < 4.78 is 0. The molecular weight excluding hydrogens is 156 g/mol. The average Bonchev–Trinajstić information content (AvgIpc) is 1.84. The number of alkyl halides is 1. The smallest absolute Gasteiger partial charge is 0.0687 e. The molecule has 62 valence electrons. The average molecular weight is 171 g/mol. The van der Waals surface area contributed by atoms with Crippen LogP contribution in [0.1, 0.15) is 27.7 Å². The second kappa shape index (κ2) is 2.67. The third-order valence-corrected chi connectivity index (χ3v) is 3.23. The Hall–Kier alpha value is -0.230. The van der Waals surface area contributed by atoms with E-state index < -0.39 is 0 Å². The van der Waals surface area contributed by atoms with Gasteiger partial charge >= 0.3 is 0 Å². The first-order valence-corrected chi connectivity index (χ1v) is 4.38. The van der Waals surface area contributed by atoms with Crippen LogP contribution < -0.4 is 0 Å². The molecule has 0 N–H and O–H groups in total. The fraction of sp³-hybridized carbons (Fsp3) is 0.600. The number of rotatable bonds is 0. The monoisotopic (exact) mass is 170 g/mol. The van der Waals surface area contributed by atoms with Gasteiger partial charge in [0.15, 0.2) is 0 Å². The molecule has 1 aliphatic rings. The molecule has 2 atom stereocenters. The molecule has 11 heavy (non-hydrogen) atoms. The molecule has 0 saturated carbocycles. The van der Waals surface area contributed by atoms with Gasteiger partial charge in [0.25, 0.3) is 0 Å². The van der Waals surface area contributed by atoms with Crippen molar-refractivity contribution < 1.29 is 0 Å². The van der Waals surface area contributed by atoms with Gasteiger partial charge in [0.2, 0.25) is 0 Å². The van der Waals surface area contributed by atoms with Gasteiger partial charge in [0, 0.05) is 0 Å². The van der Waals surface area contributed by atoms with E-state index in [1.807, 2.05) is 0 Å². The van der Waals surface area contributed by atoms with Crippen molar-refractivity contribution in [3.63, 3.8) is 0 Å². The van der Waals surface area contributed by atoms with E-state index in [4.69, 9.17) is 11.6 Å². The fourth-order valence-electron chi connectivity index (χ4n) is 1.44. The van der Waals surface area contributed by atoms with E-state index in [0.717, 1.165) is 0 Å². The van der Waals surface area contributed by atoms with Gasteiger partial charge in [-0.25, -0.2) is 0 Å². The fourth-order valence-corrected chi connectivity index (χ4v) is 1.56. The van der Waals surface area contributed by atoms with Gasteiger partial charge in [0.1, 0.15) is 0 Å². The number of allylic oxidation sites excluding steroid dienone is 4. The van der Waals surface area contributed by atoms with Gasteiger partial charge in [0.05, 0.1) is 4.87 Å². The predicted molar refractivity (Wildman–Crippen MR) is 50.9 cm³/mol. The van der Waals surface area contributed by atoms with Crippen molar-refractivity contribution in [1.82, 2.24) is 0 Å². The molecule has 0 nitrogen and oxygen atoms in total. The Morgan fingerprint density at radius 2 is 2.00 bits per heavy atom. The van der Waals surface area contributed by atoms with Crippen LogP contribution >= 0.6 is 11.6 Å². The Morgan fingerprint density at radius 3 is 2.45 bits per heavy atom. The first-order chi connectivity index (χ1) is 4.94. The van der Waals surface area contributed by atoms with Crippen LogP contribution in [-0.2, 0) is 0 Å². The summed E-state index contributed by atoms with van der Waals surface area (Å²) in [7, 11) is 0. The molecule has 0 amide bonds. The lowest BCUT2D eigenvalue weighted by molar-refractivity contribution is 0.556. The van der Waals surface area contributed by atoms with Gasteiger partial charge < -0.3 is 0 Å². The van der Waals surface area contributed by atoms with E-state index >= 15 is 0 Å². The number of hydrogen-bond acceptors (Lipinski definition) is 0. The minimum Gasteiger partial charge on any atom is -0.114 e. The molecule has 0 aliphatic heterocycles. The Balaban J connectivity index is 3.01. The van der Waals surface area contributed by atoms with Gasteiger partial charge in [-0.1, -0.05) is 30.2 Å². The van der Waals surface area contributed by atoms with Crippen molar-refractivity contribution in [1.29, 1.82) is 0 Å². The van der Waals surface area contributed by atoms with E-state index in [-0.39, 0.29) is 4.87 Å². The normalized spacial score (nSPS) is 38.1. The van der Waals surface area contributed by atoms with Crippen LogP contribution in [0, 0.1) is 5.92 Å². The molecule has 0 aromatic rings. The van der Waals surface area contributed by atoms with E-state index in [9.17, 15) is 0 Å². The zero-order valence-corrected chi connectivity index (χ0v) is 8.37. The van der Waals surface area contributed by atoms with Crippen LogP contribution in [0.5, 0.6) is 0 Å². The summed E-state index contributed by atoms with van der Waals surface area (Å²) >= 11 is 6.33. The van der Waals surface area contributed by atoms with Crippen molar-refractivity contribution in [2.75, 3.05) is 0 Å². The van der Waals surface area contributed by atoms with Gasteiger partial charge in [-0.3, -0.25) is 0 Å². The summed E-state index contributed by atoms with van der Waals surface area (Å²) in [5, 5.41) is 0. The molecule has 0 fully saturated rings. The van der Waals surface area contributed by atoms with Crippen LogP contribution in [0.4, 0.5) is 0 Å². The van der Waals surface area contributed by atoms with Crippen LogP contribution in [0.3, 0.4) is 0 Å². The highest BCUT2D eigenvalue weighted by Gasteiger charge is 2.31. The standard InChI is InChI=1S/C10H15Cl/c1-7-5-8(2)10(4,11)9(3)6-7/h5-6,8H,1-4H3. The second-order valence-corrected chi connectivity index (χ2v) is 4.39. The van der Waals surface area contributed by atoms with E-state index in [1.165, 1.54) is 11.1 Å². The first-order valence-electron chi connectivity index (χ1n) is 4.00. The molecule has 0 aromatic carbocycles. The Labute approximate surface area is 73.9 Å². The van der Waals surface area contributed by atoms with Crippen LogP contribution in [0.25, 0.3) is 0 Å². The van der Waals surface area contributed by atoms with Crippen molar-refractivity contribution in [2.24, 2.45) is 5.92 Å². The quantitative estimate of drug-likeness (QED) is 0.488. The van der Waals surface area contributed by atoms with Crippen molar-refractivity contribution in [3.05, 3.63) is 23.3 Å². The van der Waals surface area contributed by atoms with Gasteiger partial charge in [-0.2, -0.15) is 0 Å². The van der Waals surface area contributed by atoms with E-state index in [0.29, 0.717) is 5.92 Å². The van der Waals surface area contributed by atoms with Crippen LogP contribution in [-0.4, -0.2) is 4.87 Å². The molecular formula is C10H15Cl. The third kappa shape index (κ3) is 1.51. The molecule has 0 spiro atoms. The summed E-state index contributed by atoms with van der Waals surface area (Å²) in [5.74, 6) is 0.439. The second-order valence-electron chi connectivity index (χ2n) is 3.60. The summed E-state index contributed by atoms with van der Waals surface area (Å²) in [5.41, 5.74) is 2.60. The van der Waals surface area contributed by atoms with E-state index in [2.05, 4.69) is 39.8 Å². The lowest BCUT2D eigenvalue weighted by Crippen LogP contribution is -2.28. The maximum absolute atomic E-state index is 6.33. The van der Waals surface area contributed by atoms with Crippen molar-refractivity contribution >= 4 is 11.6 Å². The lowest BCUT2D eigenvalue weighted by Gasteiger charge is -2.32. The zero-order valence-electron chi connectivity index (χ0n) is 7.61. The summed E-state index contributed by atoms with van der Waals surface area (Å²) in [4.78, 5) is -0.167. The molecule has 0 radical (unpaired) electrons. The highest BCUT2D eigenvalue weighted by molar-refractivity contribution is 6.26. The molecule has 0 aromatic heterocycles. The number of halogens is 1. The molecule has 2 unspecified atom stereocenters. The molecule has 1 heteroatoms. The third-order valence-electron chi connectivity index (χ3n) is 2.58. The highest BCUT2D eigenvalue weighted by Crippen LogP contribution is 2.37. The Bertz CT molecular complexity index is 221. The minimum absolute atomic E-state index is 0.167. The lowest BCUT2D eigenvalue weighted by atomic mass is 9.82. The topological polar surface area (TPSA) is 0 Å². The van der Waals surface area contributed by atoms with E-state index in [1.54, 1.807) is 0 Å². The first kappa shape index (κ1) is 8.86. The predicted octanol–water partition coefficient (Wildman–Crippen LogP) is 3.53. The van der Waals surface area contributed by atoms with Crippen molar-refractivity contribution in [2.45, 2.75) is 32.6 Å². The molecule has 1 rings (SSSR count). The largest absolute Gasteiger partial charge is 0.114 e. The number of hydrogen-bond donors (Lipinski definition) is 0. The summed E-state index contributed by atoms with van der Waals surface area (Å²) in [6.45, 7) is 8.45.